The molecule has 12 heteroatoms. The van der Waals surface area contributed by atoms with E-state index in [9.17, 15) is 0 Å². The Balaban J connectivity index is -0.000000112. The molecule has 0 rings (SSSR count). The molecule has 0 aliphatic carbocycles. The Bertz CT molecular complexity index is 222. The van der Waals surface area contributed by atoms with E-state index in [0.29, 0.717) is 0 Å². The van der Waals surface area contributed by atoms with Crippen LogP contribution >= 0.6 is 0 Å². The average Bonchev–Trinajstić information content (AvgIpc) is 1.59. The van der Waals surface area contributed by atoms with Gasteiger partial charge in [0.25, 0.3) is 0 Å². The summed E-state index contributed by atoms with van der Waals surface area (Å²) in [5.41, 5.74) is 0. The fourth-order valence-electron chi connectivity index (χ4n) is 0. The molecule has 0 spiro atoms. The van der Waals surface area contributed by atoms with Crippen LogP contribution in [0.1, 0.15) is 0 Å². The summed E-state index contributed by atoms with van der Waals surface area (Å²) in [6, 6.07) is 0. The minimum atomic E-state index is -4.67. The molecule has 4 N–H and O–H groups in total. The van der Waals surface area contributed by atoms with Crippen LogP contribution in [0, 0.1) is 0 Å². The molecule has 12 heavy (non-hydrogen) atoms. The van der Waals surface area contributed by atoms with Crippen LogP contribution in [-0.4, -0.2) is 35.0 Å². The van der Waals surface area contributed by atoms with Crippen molar-refractivity contribution < 1.29 is 54.8 Å². The zero-order chi connectivity index (χ0) is 11.0. The standard InChI is InChI=1S/Fe.2H2O4S.O/c;2*1-5(2,3)4;/h;2*(H2,1,2,3,4);. The molecular formula is H4FeO9S2. The topological polar surface area (TPSA) is 166 Å². The van der Waals surface area contributed by atoms with Crippen LogP contribution in [0.2, 0.25) is 0 Å². The van der Waals surface area contributed by atoms with Gasteiger partial charge in [0, 0.05) is 0 Å². The van der Waals surface area contributed by atoms with Gasteiger partial charge in [-0.3, -0.25) is 18.2 Å². The van der Waals surface area contributed by atoms with E-state index in [2.05, 4.69) is 0 Å². The van der Waals surface area contributed by atoms with Crippen molar-refractivity contribution in [3.8, 4) is 0 Å². The van der Waals surface area contributed by atoms with Crippen LogP contribution < -0.4 is 0 Å². The molecular weight excluding hydrogens is 264 g/mol. The summed E-state index contributed by atoms with van der Waals surface area (Å²) in [5.74, 6) is 0. The molecule has 0 amide bonds. The monoisotopic (exact) mass is 268 g/mol. The molecule has 0 aliphatic heterocycles. The molecule has 0 aromatic carbocycles. The van der Waals surface area contributed by atoms with Crippen LogP contribution in [0.4, 0.5) is 0 Å². The van der Waals surface area contributed by atoms with Crippen molar-refractivity contribution in [1.82, 2.24) is 0 Å². The molecule has 0 unspecified atom stereocenters. The van der Waals surface area contributed by atoms with E-state index in [4.69, 9.17) is 38.9 Å². The molecule has 0 bridgehead atoms. The van der Waals surface area contributed by atoms with Crippen LogP contribution in [0.15, 0.2) is 0 Å². The van der Waals surface area contributed by atoms with Gasteiger partial charge in [-0.1, -0.05) is 0 Å². The van der Waals surface area contributed by atoms with Crippen LogP contribution in [0.3, 0.4) is 0 Å². The Morgan fingerprint density at radius 2 is 0.667 bits per heavy atom. The summed E-state index contributed by atoms with van der Waals surface area (Å²) in [7, 11) is -9.33. The fourth-order valence-corrected chi connectivity index (χ4v) is 0. The van der Waals surface area contributed by atoms with Gasteiger partial charge in [0.1, 0.15) is 0 Å². The summed E-state index contributed by atoms with van der Waals surface area (Å²) >= 11 is 2.00. The van der Waals surface area contributed by atoms with Gasteiger partial charge in [-0.25, -0.2) is 0 Å². The quantitative estimate of drug-likeness (QED) is 0.304. The molecule has 0 aliphatic rings. The van der Waals surface area contributed by atoms with E-state index < -0.39 is 20.8 Å². The molecule has 0 fully saturated rings. The van der Waals surface area contributed by atoms with E-state index in [0.717, 1.165) is 0 Å². The van der Waals surface area contributed by atoms with E-state index >= 15 is 0 Å². The maximum atomic E-state index is 8.74. The van der Waals surface area contributed by atoms with Gasteiger partial charge in [0.05, 0.1) is 0 Å². The summed E-state index contributed by atoms with van der Waals surface area (Å²) in [4.78, 5) is 0. The third-order valence-corrected chi connectivity index (χ3v) is 0. The number of hydrogen-bond donors (Lipinski definition) is 4. The predicted molar refractivity (Wildman–Crippen MR) is 29.0 cm³/mol. The van der Waals surface area contributed by atoms with Gasteiger partial charge in [-0.2, -0.15) is 16.8 Å². The van der Waals surface area contributed by atoms with Crippen LogP contribution in [-0.2, 0) is 40.6 Å². The molecule has 0 saturated carbocycles. The van der Waals surface area contributed by atoms with E-state index in [1.54, 1.807) is 0 Å². The Morgan fingerprint density at radius 3 is 0.667 bits per heavy atom. The average molecular weight is 268 g/mol. The van der Waals surface area contributed by atoms with Crippen molar-refractivity contribution in [3.05, 3.63) is 0 Å². The normalized spacial score (nSPS) is 10.1. The first-order valence-corrected chi connectivity index (χ1v) is 4.79. The zero-order valence-electron chi connectivity index (χ0n) is 5.00. The van der Waals surface area contributed by atoms with Crippen molar-refractivity contribution >= 4 is 20.8 Å². The van der Waals surface area contributed by atoms with Crippen molar-refractivity contribution in [1.29, 1.82) is 0 Å². The van der Waals surface area contributed by atoms with Crippen molar-refractivity contribution in [2.75, 3.05) is 0 Å². The second-order valence-corrected chi connectivity index (χ2v) is 2.69. The van der Waals surface area contributed by atoms with Crippen LogP contribution in [0.25, 0.3) is 0 Å². The third kappa shape index (κ3) is 233000. The van der Waals surface area contributed by atoms with Gasteiger partial charge in [0.2, 0.25) is 0 Å². The van der Waals surface area contributed by atoms with Gasteiger partial charge >= 0.3 is 40.6 Å². The Labute approximate surface area is 76.0 Å². The Kier molecular flexibility index (Phi) is 11.5. The maximum absolute atomic E-state index is 8.74. The molecule has 0 atom stereocenters. The summed E-state index contributed by atoms with van der Waals surface area (Å²) in [5, 5.41) is 0. The van der Waals surface area contributed by atoms with Gasteiger partial charge in [-0.15, -0.1) is 0 Å². The van der Waals surface area contributed by atoms with Crippen LogP contribution in [0.5, 0.6) is 0 Å². The van der Waals surface area contributed by atoms with Crippen molar-refractivity contribution in [2.24, 2.45) is 0 Å². The molecule has 0 saturated heterocycles. The minimum absolute atomic E-state index is 2.00. The first-order valence-electron chi connectivity index (χ1n) is 1.54. The van der Waals surface area contributed by atoms with Gasteiger partial charge < -0.3 is 0 Å². The predicted octanol–water partition coefficient (Wildman–Crippen LogP) is -1.43. The molecule has 0 heterocycles. The second kappa shape index (κ2) is 7.70. The van der Waals surface area contributed by atoms with E-state index in [1.165, 1.54) is 0 Å². The third-order valence-electron chi connectivity index (χ3n) is 0. The summed E-state index contributed by atoms with van der Waals surface area (Å²) < 4.78 is 71.2. The van der Waals surface area contributed by atoms with Crippen molar-refractivity contribution in [3.63, 3.8) is 0 Å². The van der Waals surface area contributed by atoms with Gasteiger partial charge in [0.15, 0.2) is 0 Å². The Hall–Kier alpha value is 0.0595. The SMILES string of the molecule is O=S(=O)(O)O.O=S(=O)(O)O.[O]=[Fe]. The molecule has 0 aromatic rings. The summed E-state index contributed by atoms with van der Waals surface area (Å²) in [6.45, 7) is 0. The first-order chi connectivity index (χ1) is 5.00. The fraction of sp³-hybridized carbons (Fsp3) is 0. The molecule has 9 nitrogen and oxygen atoms in total. The molecule has 0 aromatic heterocycles. The van der Waals surface area contributed by atoms with E-state index in [1.807, 2.05) is 15.9 Å². The zero-order valence-corrected chi connectivity index (χ0v) is 7.74. The van der Waals surface area contributed by atoms with Gasteiger partial charge in [-0.05, 0) is 0 Å². The van der Waals surface area contributed by atoms with Crippen molar-refractivity contribution in [2.45, 2.75) is 0 Å². The first kappa shape index (κ1) is 18.0. The number of hydrogen-bond acceptors (Lipinski definition) is 5. The second-order valence-electron chi connectivity index (χ2n) is 0.896. The number of rotatable bonds is 0. The summed E-state index contributed by atoms with van der Waals surface area (Å²) in [6.07, 6.45) is 0. The Morgan fingerprint density at radius 1 is 0.667 bits per heavy atom. The van der Waals surface area contributed by atoms with E-state index in [-0.39, 0.29) is 0 Å². The molecule has 0 radical (unpaired) electrons. The molecule has 78 valence electrons.